The molecule has 3 heteroatoms. The van der Waals surface area contributed by atoms with Gasteiger partial charge in [-0.1, -0.05) is 36.4 Å². The summed E-state index contributed by atoms with van der Waals surface area (Å²) in [7, 11) is 4.29. The van der Waals surface area contributed by atoms with Gasteiger partial charge in [-0.2, -0.15) is 0 Å². The molecule has 112 valence electrons. The van der Waals surface area contributed by atoms with Gasteiger partial charge in [0.15, 0.2) is 0 Å². The number of likely N-dealkylation sites (tertiary alicyclic amines) is 1. The number of likely N-dealkylation sites (N-methyl/N-ethyl adjacent to an activating group) is 1. The molecule has 0 amide bonds. The van der Waals surface area contributed by atoms with E-state index in [1.54, 1.807) is 0 Å². The number of phenolic OH excluding ortho intramolecular Hbond substituents is 1. The first-order valence-corrected chi connectivity index (χ1v) is 7.69. The van der Waals surface area contributed by atoms with Crippen LogP contribution in [0.25, 0.3) is 10.8 Å². The van der Waals surface area contributed by atoms with Gasteiger partial charge in [0.2, 0.25) is 0 Å². The van der Waals surface area contributed by atoms with E-state index in [4.69, 9.17) is 0 Å². The average molecular weight is 284 g/mol. The molecule has 1 aliphatic heterocycles. The number of benzene rings is 2. The second-order valence-electron chi connectivity index (χ2n) is 6.30. The molecule has 0 aliphatic carbocycles. The van der Waals surface area contributed by atoms with Gasteiger partial charge in [0.1, 0.15) is 5.75 Å². The van der Waals surface area contributed by atoms with E-state index in [9.17, 15) is 5.11 Å². The SMILES string of the molecule is CC(c1ccc2ccccc2c1O)N1CCC(N(C)C)C1. The maximum absolute atomic E-state index is 10.6. The van der Waals surface area contributed by atoms with Crippen molar-refractivity contribution in [3.63, 3.8) is 0 Å². The number of hydrogen-bond acceptors (Lipinski definition) is 3. The standard InChI is InChI=1S/C18H24N2O/c1-13(20-11-10-15(12-20)19(2)3)16-9-8-14-6-4-5-7-17(14)18(16)21/h4-9,13,15,21H,10-12H2,1-3H3. The molecule has 0 saturated carbocycles. The first-order chi connectivity index (χ1) is 10.1. The maximum atomic E-state index is 10.6. The molecule has 2 aromatic carbocycles. The van der Waals surface area contributed by atoms with Crippen LogP contribution in [-0.4, -0.2) is 48.1 Å². The highest BCUT2D eigenvalue weighted by Crippen LogP contribution is 2.36. The van der Waals surface area contributed by atoms with Crippen molar-refractivity contribution in [2.75, 3.05) is 27.2 Å². The first-order valence-electron chi connectivity index (χ1n) is 7.69. The summed E-state index contributed by atoms with van der Waals surface area (Å²) in [6.45, 7) is 4.36. The summed E-state index contributed by atoms with van der Waals surface area (Å²) >= 11 is 0. The summed E-state index contributed by atoms with van der Waals surface area (Å²) in [5.41, 5.74) is 1.04. The van der Waals surface area contributed by atoms with E-state index in [0.717, 1.165) is 29.4 Å². The number of hydrogen-bond donors (Lipinski definition) is 1. The molecule has 1 fully saturated rings. The van der Waals surface area contributed by atoms with E-state index < -0.39 is 0 Å². The Morgan fingerprint density at radius 1 is 1.19 bits per heavy atom. The molecule has 2 aromatic rings. The molecule has 0 aromatic heterocycles. The predicted octanol–water partition coefficient (Wildman–Crippen LogP) is 3.24. The quantitative estimate of drug-likeness (QED) is 0.937. The highest BCUT2D eigenvalue weighted by Gasteiger charge is 2.29. The van der Waals surface area contributed by atoms with E-state index >= 15 is 0 Å². The van der Waals surface area contributed by atoms with Gasteiger partial charge in [-0.05, 0) is 32.8 Å². The van der Waals surface area contributed by atoms with E-state index in [0.29, 0.717) is 11.8 Å². The van der Waals surface area contributed by atoms with Crippen molar-refractivity contribution in [1.82, 2.24) is 9.80 Å². The van der Waals surface area contributed by atoms with Crippen molar-refractivity contribution in [1.29, 1.82) is 0 Å². The molecule has 2 atom stereocenters. The molecule has 1 heterocycles. The monoisotopic (exact) mass is 284 g/mol. The van der Waals surface area contributed by atoms with Crippen LogP contribution in [0.2, 0.25) is 0 Å². The molecule has 1 N–H and O–H groups in total. The lowest BCUT2D eigenvalue weighted by Crippen LogP contribution is -2.32. The summed E-state index contributed by atoms with van der Waals surface area (Å²) in [6, 6.07) is 13.1. The van der Waals surface area contributed by atoms with Crippen LogP contribution >= 0.6 is 0 Å². The van der Waals surface area contributed by atoms with Crippen LogP contribution in [0.4, 0.5) is 0 Å². The zero-order chi connectivity index (χ0) is 15.0. The molecule has 3 nitrogen and oxygen atoms in total. The number of fused-ring (bicyclic) bond motifs is 1. The van der Waals surface area contributed by atoms with Crippen LogP contribution in [0, 0.1) is 0 Å². The number of nitrogens with zero attached hydrogens (tertiary/aromatic N) is 2. The Labute approximate surface area is 126 Å². The second-order valence-corrected chi connectivity index (χ2v) is 6.30. The molecule has 3 rings (SSSR count). The van der Waals surface area contributed by atoms with E-state index in [2.05, 4.69) is 43.0 Å². The molecule has 0 bridgehead atoms. The van der Waals surface area contributed by atoms with Gasteiger partial charge in [0.05, 0.1) is 0 Å². The van der Waals surface area contributed by atoms with Gasteiger partial charge in [0.25, 0.3) is 0 Å². The van der Waals surface area contributed by atoms with Crippen molar-refractivity contribution < 1.29 is 5.11 Å². The van der Waals surface area contributed by atoms with Crippen LogP contribution in [0.15, 0.2) is 36.4 Å². The number of aromatic hydroxyl groups is 1. The van der Waals surface area contributed by atoms with Crippen LogP contribution in [-0.2, 0) is 0 Å². The van der Waals surface area contributed by atoms with Crippen molar-refractivity contribution in [2.24, 2.45) is 0 Å². The minimum atomic E-state index is 0.250. The van der Waals surface area contributed by atoms with Gasteiger partial charge in [0, 0.05) is 36.1 Å². The van der Waals surface area contributed by atoms with E-state index in [-0.39, 0.29) is 6.04 Å². The highest BCUT2D eigenvalue weighted by molar-refractivity contribution is 5.89. The van der Waals surface area contributed by atoms with Crippen LogP contribution in [0.5, 0.6) is 5.75 Å². The smallest absolute Gasteiger partial charge is 0.128 e. The highest BCUT2D eigenvalue weighted by atomic mass is 16.3. The average Bonchev–Trinajstić information content (AvgIpc) is 2.97. The number of phenols is 1. The summed E-state index contributed by atoms with van der Waals surface area (Å²) < 4.78 is 0. The topological polar surface area (TPSA) is 26.7 Å². The fraction of sp³-hybridized carbons (Fsp3) is 0.444. The Morgan fingerprint density at radius 3 is 2.67 bits per heavy atom. The normalized spacial score (nSPS) is 21.2. The molecule has 1 saturated heterocycles. The van der Waals surface area contributed by atoms with Crippen LogP contribution in [0.1, 0.15) is 24.9 Å². The lowest BCUT2D eigenvalue weighted by atomic mass is 10.0. The van der Waals surface area contributed by atoms with Gasteiger partial charge in [-0.3, -0.25) is 4.90 Å². The third-order valence-corrected chi connectivity index (χ3v) is 4.85. The maximum Gasteiger partial charge on any atom is 0.128 e. The van der Waals surface area contributed by atoms with Gasteiger partial charge in [-0.15, -0.1) is 0 Å². The predicted molar refractivity (Wildman–Crippen MR) is 87.7 cm³/mol. The third-order valence-electron chi connectivity index (χ3n) is 4.85. The Morgan fingerprint density at radius 2 is 1.95 bits per heavy atom. The van der Waals surface area contributed by atoms with Crippen molar-refractivity contribution in [3.05, 3.63) is 42.0 Å². The molecule has 0 spiro atoms. The third kappa shape index (κ3) is 2.63. The Bertz CT molecular complexity index is 638. The summed E-state index contributed by atoms with van der Waals surface area (Å²) in [5, 5.41) is 12.7. The Kier molecular flexibility index (Phi) is 3.87. The fourth-order valence-corrected chi connectivity index (χ4v) is 3.35. The number of rotatable bonds is 3. The molecule has 1 aliphatic rings. The molecular weight excluding hydrogens is 260 g/mol. The first kappa shape index (κ1) is 14.4. The van der Waals surface area contributed by atoms with Crippen LogP contribution in [0.3, 0.4) is 0 Å². The van der Waals surface area contributed by atoms with Crippen LogP contribution < -0.4 is 0 Å². The minimum absolute atomic E-state index is 0.250. The van der Waals surface area contributed by atoms with E-state index in [1.165, 1.54) is 6.42 Å². The largest absolute Gasteiger partial charge is 0.507 e. The van der Waals surface area contributed by atoms with Crippen molar-refractivity contribution in [3.8, 4) is 5.75 Å². The lowest BCUT2D eigenvalue weighted by molar-refractivity contribution is 0.225. The van der Waals surface area contributed by atoms with Crippen molar-refractivity contribution in [2.45, 2.75) is 25.4 Å². The zero-order valence-corrected chi connectivity index (χ0v) is 13.1. The lowest BCUT2D eigenvalue weighted by Gasteiger charge is -2.27. The van der Waals surface area contributed by atoms with Crippen molar-refractivity contribution >= 4 is 10.8 Å². The molecule has 0 radical (unpaired) electrons. The van der Waals surface area contributed by atoms with Gasteiger partial charge < -0.3 is 10.0 Å². The Balaban J connectivity index is 1.88. The summed E-state index contributed by atoms with van der Waals surface area (Å²) in [4.78, 5) is 4.77. The fourth-order valence-electron chi connectivity index (χ4n) is 3.35. The molecular formula is C18H24N2O. The van der Waals surface area contributed by atoms with Gasteiger partial charge >= 0.3 is 0 Å². The summed E-state index contributed by atoms with van der Waals surface area (Å²) in [6.07, 6.45) is 1.20. The molecule has 2 unspecified atom stereocenters. The summed E-state index contributed by atoms with van der Waals surface area (Å²) in [5.74, 6) is 0.439. The second kappa shape index (κ2) is 5.66. The molecule has 21 heavy (non-hydrogen) atoms. The van der Waals surface area contributed by atoms with Gasteiger partial charge in [-0.25, -0.2) is 0 Å². The van der Waals surface area contributed by atoms with E-state index in [1.807, 2.05) is 24.3 Å². The minimum Gasteiger partial charge on any atom is -0.507 e. The zero-order valence-electron chi connectivity index (χ0n) is 13.1. The Hall–Kier alpha value is -1.58.